The second-order valence-corrected chi connectivity index (χ2v) is 8.31. The van der Waals surface area contributed by atoms with Crippen molar-refractivity contribution in [3.8, 4) is 22.0 Å². The van der Waals surface area contributed by atoms with Gasteiger partial charge in [0.05, 0.1) is 17.7 Å². The summed E-state index contributed by atoms with van der Waals surface area (Å²) in [5.41, 5.74) is 4.05. The van der Waals surface area contributed by atoms with E-state index in [-0.39, 0.29) is 5.91 Å². The number of para-hydroxylation sites is 1. The summed E-state index contributed by atoms with van der Waals surface area (Å²) in [5.74, 6) is 0.916. The van der Waals surface area contributed by atoms with Gasteiger partial charge in [-0.15, -0.1) is 11.3 Å². The van der Waals surface area contributed by atoms with E-state index in [1.54, 1.807) is 23.3 Å². The van der Waals surface area contributed by atoms with Gasteiger partial charge in [-0.3, -0.25) is 4.79 Å². The molecule has 4 aromatic rings. The third kappa shape index (κ3) is 5.03. The summed E-state index contributed by atoms with van der Waals surface area (Å²) in [4.78, 5) is 15.7. The molecule has 0 saturated heterocycles. The number of aryl methyl sites for hydroxylation is 1. The van der Waals surface area contributed by atoms with E-state index in [9.17, 15) is 4.79 Å². The fourth-order valence-corrected chi connectivity index (χ4v) is 4.22. The zero-order valence-electron chi connectivity index (χ0n) is 17.7. The molecule has 0 radical (unpaired) electrons. The predicted molar refractivity (Wildman–Crippen MR) is 125 cm³/mol. The van der Waals surface area contributed by atoms with Crippen LogP contribution in [-0.4, -0.2) is 34.7 Å². The molecule has 0 aliphatic rings. The number of hydrogen-bond acceptors (Lipinski definition) is 4. The van der Waals surface area contributed by atoms with E-state index in [4.69, 9.17) is 9.84 Å². The van der Waals surface area contributed by atoms with Crippen LogP contribution in [0.5, 0.6) is 5.75 Å². The van der Waals surface area contributed by atoms with E-state index in [0.29, 0.717) is 19.4 Å². The Hall–Kier alpha value is -3.38. The molecule has 5 nitrogen and oxygen atoms in total. The number of ether oxygens (including phenoxy) is 1. The molecule has 4 rings (SSSR count). The van der Waals surface area contributed by atoms with E-state index in [0.717, 1.165) is 33.1 Å². The summed E-state index contributed by atoms with van der Waals surface area (Å²) < 4.78 is 7.16. The van der Waals surface area contributed by atoms with Crippen molar-refractivity contribution in [2.24, 2.45) is 0 Å². The van der Waals surface area contributed by atoms with Gasteiger partial charge in [0.2, 0.25) is 5.91 Å². The van der Waals surface area contributed by atoms with Crippen LogP contribution in [0.4, 0.5) is 0 Å². The Morgan fingerprint density at radius 1 is 1.10 bits per heavy atom. The van der Waals surface area contributed by atoms with Crippen molar-refractivity contribution in [2.45, 2.75) is 19.4 Å². The van der Waals surface area contributed by atoms with Gasteiger partial charge in [0.25, 0.3) is 0 Å². The third-order valence-corrected chi connectivity index (χ3v) is 6.04. The third-order valence-electron chi connectivity index (χ3n) is 5.16. The summed E-state index contributed by atoms with van der Waals surface area (Å²) >= 11 is 1.65. The predicted octanol–water partition coefficient (Wildman–Crippen LogP) is 5.20. The Morgan fingerprint density at radius 3 is 2.68 bits per heavy atom. The minimum absolute atomic E-state index is 0.104. The fraction of sp³-hybridized carbons (Fsp3) is 0.200. The SMILES string of the molecule is COc1cccc(CCC(=O)N(C)Cc2cn(-c3ccccc3)nc2-c2cccs2)c1. The minimum atomic E-state index is 0.104. The van der Waals surface area contributed by atoms with Crippen molar-refractivity contribution in [3.05, 3.63) is 89.4 Å². The fourth-order valence-electron chi connectivity index (χ4n) is 3.47. The van der Waals surface area contributed by atoms with Gasteiger partial charge in [-0.25, -0.2) is 4.68 Å². The number of methoxy groups -OCH3 is 1. The van der Waals surface area contributed by atoms with Crippen molar-refractivity contribution in [3.63, 3.8) is 0 Å². The lowest BCUT2D eigenvalue weighted by Gasteiger charge is -2.17. The molecule has 158 valence electrons. The Kier molecular flexibility index (Phi) is 6.48. The van der Waals surface area contributed by atoms with Crippen LogP contribution in [0.3, 0.4) is 0 Å². The smallest absolute Gasteiger partial charge is 0.222 e. The van der Waals surface area contributed by atoms with Crippen molar-refractivity contribution >= 4 is 17.2 Å². The zero-order chi connectivity index (χ0) is 21.6. The molecule has 0 aliphatic carbocycles. The molecular weight excluding hydrogens is 406 g/mol. The average Bonchev–Trinajstić information content (AvgIpc) is 3.48. The Morgan fingerprint density at radius 2 is 1.94 bits per heavy atom. The topological polar surface area (TPSA) is 47.4 Å². The molecule has 2 heterocycles. The van der Waals surface area contributed by atoms with Crippen molar-refractivity contribution in [2.75, 3.05) is 14.2 Å². The van der Waals surface area contributed by atoms with Gasteiger partial charge in [0.15, 0.2) is 0 Å². The van der Waals surface area contributed by atoms with Crippen LogP contribution in [-0.2, 0) is 17.8 Å². The molecule has 31 heavy (non-hydrogen) atoms. The largest absolute Gasteiger partial charge is 0.497 e. The van der Waals surface area contributed by atoms with Crippen LogP contribution >= 0.6 is 11.3 Å². The molecule has 0 bridgehead atoms. The van der Waals surface area contributed by atoms with E-state index in [2.05, 4.69) is 6.07 Å². The molecule has 6 heteroatoms. The van der Waals surface area contributed by atoms with Crippen molar-refractivity contribution in [1.29, 1.82) is 0 Å². The summed E-state index contributed by atoms with van der Waals surface area (Å²) in [6.07, 6.45) is 3.16. The van der Waals surface area contributed by atoms with Gasteiger partial charge in [0.1, 0.15) is 11.4 Å². The molecule has 2 aromatic heterocycles. The summed E-state index contributed by atoms with van der Waals surface area (Å²) in [6, 6.07) is 22.0. The number of aromatic nitrogens is 2. The molecule has 0 aliphatic heterocycles. The Bertz CT molecular complexity index is 1140. The molecule has 0 spiro atoms. The lowest BCUT2D eigenvalue weighted by Crippen LogP contribution is -2.26. The van der Waals surface area contributed by atoms with Gasteiger partial charge in [0, 0.05) is 31.8 Å². The van der Waals surface area contributed by atoms with Gasteiger partial charge in [-0.05, 0) is 47.7 Å². The first-order valence-corrected chi connectivity index (χ1v) is 11.1. The second-order valence-electron chi connectivity index (χ2n) is 7.36. The van der Waals surface area contributed by atoms with Gasteiger partial charge in [-0.2, -0.15) is 5.10 Å². The van der Waals surface area contributed by atoms with Crippen LogP contribution in [0.2, 0.25) is 0 Å². The van der Waals surface area contributed by atoms with Gasteiger partial charge < -0.3 is 9.64 Å². The highest BCUT2D eigenvalue weighted by molar-refractivity contribution is 7.13. The molecule has 0 saturated carbocycles. The van der Waals surface area contributed by atoms with E-state index in [1.807, 2.05) is 84.0 Å². The molecule has 0 fully saturated rings. The lowest BCUT2D eigenvalue weighted by atomic mass is 10.1. The number of carbonyl (C=O) groups is 1. The standard InChI is InChI=1S/C25H25N3O2S/c1-27(24(29)14-13-19-8-6-11-22(16-19)30-2)17-20-18-28(21-9-4-3-5-10-21)26-25(20)23-12-7-15-31-23/h3-12,15-16,18H,13-14,17H2,1-2H3. The molecule has 2 aromatic carbocycles. The highest BCUT2D eigenvalue weighted by atomic mass is 32.1. The van der Waals surface area contributed by atoms with Crippen LogP contribution in [0.15, 0.2) is 78.3 Å². The maximum atomic E-state index is 12.8. The van der Waals surface area contributed by atoms with Crippen LogP contribution in [0.1, 0.15) is 17.5 Å². The maximum absolute atomic E-state index is 12.8. The minimum Gasteiger partial charge on any atom is -0.497 e. The van der Waals surface area contributed by atoms with Crippen LogP contribution in [0, 0.1) is 0 Å². The van der Waals surface area contributed by atoms with Gasteiger partial charge >= 0.3 is 0 Å². The molecular formula is C25H25N3O2S. The zero-order valence-corrected chi connectivity index (χ0v) is 18.5. The van der Waals surface area contributed by atoms with E-state index < -0.39 is 0 Å². The number of carbonyl (C=O) groups excluding carboxylic acids is 1. The Labute approximate surface area is 186 Å². The molecule has 0 N–H and O–H groups in total. The quantitative estimate of drug-likeness (QED) is 0.385. The molecule has 0 unspecified atom stereocenters. The summed E-state index contributed by atoms with van der Waals surface area (Å²) in [6.45, 7) is 0.511. The van der Waals surface area contributed by atoms with Crippen molar-refractivity contribution in [1.82, 2.24) is 14.7 Å². The normalized spacial score (nSPS) is 10.8. The number of hydrogen-bond donors (Lipinski definition) is 0. The number of nitrogens with zero attached hydrogens (tertiary/aromatic N) is 3. The number of amides is 1. The van der Waals surface area contributed by atoms with E-state index >= 15 is 0 Å². The first kappa shape index (κ1) is 20.9. The number of thiophene rings is 1. The molecule has 1 amide bonds. The monoisotopic (exact) mass is 431 g/mol. The Balaban J connectivity index is 1.49. The first-order valence-electron chi connectivity index (χ1n) is 10.2. The maximum Gasteiger partial charge on any atom is 0.222 e. The highest BCUT2D eigenvalue weighted by Crippen LogP contribution is 2.28. The van der Waals surface area contributed by atoms with Crippen molar-refractivity contribution < 1.29 is 9.53 Å². The van der Waals surface area contributed by atoms with Crippen LogP contribution < -0.4 is 4.74 Å². The van der Waals surface area contributed by atoms with Gasteiger partial charge in [-0.1, -0.05) is 36.4 Å². The second kappa shape index (κ2) is 9.62. The molecule has 0 atom stereocenters. The lowest BCUT2D eigenvalue weighted by molar-refractivity contribution is -0.130. The summed E-state index contributed by atoms with van der Waals surface area (Å²) in [5, 5.41) is 6.87. The number of rotatable bonds is 8. The average molecular weight is 432 g/mol. The first-order chi connectivity index (χ1) is 15.1. The summed E-state index contributed by atoms with van der Waals surface area (Å²) in [7, 11) is 3.50. The number of benzene rings is 2. The van der Waals surface area contributed by atoms with E-state index in [1.165, 1.54) is 0 Å². The van der Waals surface area contributed by atoms with Crippen LogP contribution in [0.25, 0.3) is 16.3 Å². The highest BCUT2D eigenvalue weighted by Gasteiger charge is 2.17.